The van der Waals surface area contributed by atoms with Gasteiger partial charge in [0.25, 0.3) is 0 Å². The monoisotopic (exact) mass is 520 g/mol. The number of nitrogens with one attached hydrogen (secondary N) is 2. The lowest BCUT2D eigenvalue weighted by atomic mass is 9.79. The quantitative estimate of drug-likeness (QED) is 0.283. The zero-order chi connectivity index (χ0) is 23.1. The summed E-state index contributed by atoms with van der Waals surface area (Å²) in [5, 5.41) is 53.7. The van der Waals surface area contributed by atoms with E-state index in [1.54, 1.807) is 12.1 Å². The maximum Gasteiger partial charge on any atom is 0.340 e. The molecular formula is C19H22BrClN2O8. The number of ether oxygens (including phenoxy) is 1. The molecule has 1 saturated heterocycles. The van der Waals surface area contributed by atoms with Gasteiger partial charge in [-0.15, -0.1) is 0 Å². The van der Waals surface area contributed by atoms with Crippen molar-refractivity contribution < 1.29 is 39.9 Å². The van der Waals surface area contributed by atoms with Gasteiger partial charge in [-0.05, 0) is 28.1 Å². The van der Waals surface area contributed by atoms with Crippen molar-refractivity contribution in [1.82, 2.24) is 10.3 Å². The van der Waals surface area contributed by atoms with Crippen LogP contribution < -0.4 is 5.32 Å². The van der Waals surface area contributed by atoms with Crippen LogP contribution in [0, 0.1) is 0 Å². The SMILES string of the molecule is CC(=O)N[C@@H]1[C@@H]([C@@H](O)[C@H](O)CO)O[C@](C(=O)O)(c2c[nH]c3ccc(Br)c(Cl)c23)C[C@H]1O. The highest BCUT2D eigenvalue weighted by molar-refractivity contribution is 9.10. The average Bonchev–Trinajstić information content (AvgIpc) is 3.15. The van der Waals surface area contributed by atoms with Crippen molar-refractivity contribution >= 4 is 50.3 Å². The van der Waals surface area contributed by atoms with Crippen LogP contribution in [0.2, 0.25) is 5.02 Å². The summed E-state index contributed by atoms with van der Waals surface area (Å²) < 4.78 is 6.36. The number of aliphatic carboxylic acids is 1. The molecule has 31 heavy (non-hydrogen) atoms. The van der Waals surface area contributed by atoms with Crippen LogP contribution in [0.15, 0.2) is 22.8 Å². The van der Waals surface area contributed by atoms with Gasteiger partial charge in [0, 0.05) is 40.5 Å². The molecular weight excluding hydrogens is 500 g/mol. The largest absolute Gasteiger partial charge is 0.479 e. The molecule has 1 aliphatic rings. The van der Waals surface area contributed by atoms with Crippen LogP contribution in [0.1, 0.15) is 18.9 Å². The maximum atomic E-state index is 12.5. The summed E-state index contributed by atoms with van der Waals surface area (Å²) in [4.78, 5) is 27.1. The number of carbonyl (C=O) groups excluding carboxylic acids is 1. The molecule has 3 rings (SSSR count). The first-order chi connectivity index (χ1) is 14.5. The number of rotatable bonds is 6. The van der Waals surface area contributed by atoms with Crippen molar-refractivity contribution in [2.24, 2.45) is 0 Å². The molecule has 1 amide bonds. The number of aliphatic hydroxyl groups excluding tert-OH is 4. The fraction of sp³-hybridized carbons (Fsp3) is 0.474. The van der Waals surface area contributed by atoms with Crippen molar-refractivity contribution in [3.05, 3.63) is 33.4 Å². The van der Waals surface area contributed by atoms with Gasteiger partial charge in [0.05, 0.1) is 23.8 Å². The molecule has 1 aromatic carbocycles. The molecule has 0 bridgehead atoms. The maximum absolute atomic E-state index is 12.5. The topological polar surface area (TPSA) is 172 Å². The Kier molecular flexibility index (Phi) is 6.96. The number of carboxylic acid groups (broad SMARTS) is 1. The Bertz CT molecular complexity index is 1000. The Morgan fingerprint density at radius 2 is 2.10 bits per heavy atom. The number of aromatic amines is 1. The molecule has 6 atom stereocenters. The zero-order valence-electron chi connectivity index (χ0n) is 16.2. The number of aromatic nitrogens is 1. The predicted octanol–water partition coefficient (Wildman–Crippen LogP) is 0.232. The molecule has 1 aromatic heterocycles. The predicted molar refractivity (Wildman–Crippen MR) is 113 cm³/mol. The molecule has 0 spiro atoms. The molecule has 12 heteroatoms. The summed E-state index contributed by atoms with van der Waals surface area (Å²) in [7, 11) is 0. The van der Waals surface area contributed by atoms with E-state index in [4.69, 9.17) is 16.3 Å². The second-order valence-corrected chi connectivity index (χ2v) is 8.67. The number of hydrogen-bond donors (Lipinski definition) is 7. The van der Waals surface area contributed by atoms with Crippen LogP contribution in [-0.4, -0.2) is 79.5 Å². The summed E-state index contributed by atoms with van der Waals surface area (Å²) in [6, 6.07) is 2.10. The number of fused-ring (bicyclic) bond motifs is 1. The van der Waals surface area contributed by atoms with Crippen molar-refractivity contribution in [1.29, 1.82) is 0 Å². The lowest BCUT2D eigenvalue weighted by Crippen LogP contribution is -2.66. The van der Waals surface area contributed by atoms with Gasteiger partial charge < -0.3 is 40.6 Å². The van der Waals surface area contributed by atoms with Crippen molar-refractivity contribution in [2.45, 2.75) is 49.4 Å². The minimum atomic E-state index is -2.18. The number of benzene rings is 1. The Morgan fingerprint density at radius 3 is 2.68 bits per heavy atom. The highest BCUT2D eigenvalue weighted by Crippen LogP contribution is 2.45. The number of carboxylic acids is 1. The summed E-state index contributed by atoms with van der Waals surface area (Å²) >= 11 is 9.70. The van der Waals surface area contributed by atoms with Crippen molar-refractivity contribution in [3.8, 4) is 0 Å². The second kappa shape index (κ2) is 9.02. The highest BCUT2D eigenvalue weighted by atomic mass is 79.9. The summed E-state index contributed by atoms with van der Waals surface area (Å²) in [6.07, 6.45) is -5.67. The van der Waals surface area contributed by atoms with Crippen LogP contribution in [0.3, 0.4) is 0 Å². The number of amides is 1. The first-order valence-electron chi connectivity index (χ1n) is 9.32. The zero-order valence-corrected chi connectivity index (χ0v) is 18.6. The fourth-order valence-electron chi connectivity index (χ4n) is 3.92. The van der Waals surface area contributed by atoms with Crippen LogP contribution in [0.4, 0.5) is 0 Å². The summed E-state index contributed by atoms with van der Waals surface area (Å²) in [6.45, 7) is 0.324. The van der Waals surface area contributed by atoms with Gasteiger partial charge in [-0.2, -0.15) is 0 Å². The molecule has 170 valence electrons. The van der Waals surface area contributed by atoms with E-state index in [1.807, 2.05) is 0 Å². The van der Waals surface area contributed by atoms with Crippen LogP contribution in [-0.2, 0) is 19.9 Å². The molecule has 2 heterocycles. The van der Waals surface area contributed by atoms with Gasteiger partial charge in [-0.3, -0.25) is 4.79 Å². The molecule has 1 fully saturated rings. The van der Waals surface area contributed by atoms with Crippen LogP contribution >= 0.6 is 27.5 Å². The second-order valence-electron chi connectivity index (χ2n) is 7.44. The van der Waals surface area contributed by atoms with E-state index < -0.39 is 61.0 Å². The van der Waals surface area contributed by atoms with Gasteiger partial charge in [-0.25, -0.2) is 4.79 Å². The van der Waals surface area contributed by atoms with E-state index in [0.29, 0.717) is 15.4 Å². The minimum Gasteiger partial charge on any atom is -0.479 e. The molecule has 10 nitrogen and oxygen atoms in total. The van der Waals surface area contributed by atoms with Gasteiger partial charge in [0.15, 0.2) is 5.60 Å². The van der Waals surface area contributed by atoms with Gasteiger partial charge in [-0.1, -0.05) is 11.6 Å². The van der Waals surface area contributed by atoms with Crippen LogP contribution in [0.5, 0.6) is 0 Å². The molecule has 0 saturated carbocycles. The number of hydrogen-bond acceptors (Lipinski definition) is 7. The number of halogens is 2. The lowest BCUT2D eigenvalue weighted by Gasteiger charge is -2.47. The molecule has 0 unspecified atom stereocenters. The highest BCUT2D eigenvalue weighted by Gasteiger charge is 2.56. The normalized spacial score (nSPS) is 28.3. The van der Waals surface area contributed by atoms with E-state index in [-0.39, 0.29) is 10.6 Å². The third-order valence-electron chi connectivity index (χ3n) is 5.41. The molecule has 1 aliphatic heterocycles. The van der Waals surface area contributed by atoms with E-state index in [0.717, 1.165) is 0 Å². The van der Waals surface area contributed by atoms with Gasteiger partial charge in [0.1, 0.15) is 18.3 Å². The van der Waals surface area contributed by atoms with Crippen molar-refractivity contribution in [2.75, 3.05) is 6.61 Å². The molecule has 0 radical (unpaired) electrons. The first kappa shape index (κ1) is 23.9. The first-order valence-corrected chi connectivity index (χ1v) is 10.5. The molecule has 0 aliphatic carbocycles. The van der Waals surface area contributed by atoms with Gasteiger partial charge in [0.2, 0.25) is 5.91 Å². The molecule has 7 N–H and O–H groups in total. The Hall–Kier alpha value is -1.73. The van der Waals surface area contributed by atoms with E-state index >= 15 is 0 Å². The summed E-state index contributed by atoms with van der Waals surface area (Å²) in [5.74, 6) is -2.04. The lowest BCUT2D eigenvalue weighted by molar-refractivity contribution is -0.233. The summed E-state index contributed by atoms with van der Waals surface area (Å²) in [5.41, 5.74) is -1.58. The number of aliphatic hydroxyl groups is 4. The Morgan fingerprint density at radius 1 is 1.42 bits per heavy atom. The molecule has 2 aromatic rings. The fourth-order valence-corrected chi connectivity index (χ4v) is 4.51. The van der Waals surface area contributed by atoms with Crippen LogP contribution in [0.25, 0.3) is 10.9 Å². The smallest absolute Gasteiger partial charge is 0.340 e. The van der Waals surface area contributed by atoms with E-state index in [1.165, 1.54) is 13.1 Å². The standard InChI is InChI=1S/C19H22BrClN2O8/c1-7(25)23-15-11(26)4-19(18(29)30,31-17(15)16(28)12(27)6-24)8-5-22-10-3-2-9(20)14(21)13(8)10/h2-3,5,11-12,15-17,22,24,26-28H,4,6H2,1H3,(H,23,25)(H,29,30)/t11-,12-,15+,16+,17+,19+/m1/s1. The third-order valence-corrected chi connectivity index (χ3v) is 6.69. The minimum absolute atomic E-state index is 0.0947. The van der Waals surface area contributed by atoms with E-state index in [9.17, 15) is 35.1 Å². The number of carbonyl (C=O) groups is 2. The number of H-pyrrole nitrogens is 1. The average molecular weight is 522 g/mol. The Labute approximate surface area is 189 Å². The van der Waals surface area contributed by atoms with E-state index in [2.05, 4.69) is 26.2 Å². The third kappa shape index (κ3) is 4.19. The van der Waals surface area contributed by atoms with Crippen molar-refractivity contribution in [3.63, 3.8) is 0 Å². The van der Waals surface area contributed by atoms with Gasteiger partial charge >= 0.3 is 5.97 Å². The Balaban J connectivity index is 2.18.